The number of rotatable bonds is 4. The van der Waals surface area contributed by atoms with Gasteiger partial charge >= 0.3 is 6.09 Å². The van der Waals surface area contributed by atoms with Gasteiger partial charge in [-0.1, -0.05) is 0 Å². The molecular weight excluding hydrogens is 234 g/mol. The molecule has 0 aromatic carbocycles. The molecule has 1 aromatic heterocycles. The minimum atomic E-state index is -1.33. The first-order valence-electron chi connectivity index (χ1n) is 5.64. The van der Waals surface area contributed by atoms with Crippen molar-refractivity contribution in [3.8, 4) is 0 Å². The van der Waals surface area contributed by atoms with Crippen molar-refractivity contribution >= 4 is 17.7 Å². The Hall–Kier alpha value is -2.05. The molecule has 1 aromatic rings. The van der Waals surface area contributed by atoms with E-state index in [0.717, 1.165) is 11.6 Å². The van der Waals surface area contributed by atoms with Crippen LogP contribution in [0.2, 0.25) is 0 Å². The molecule has 7 heteroatoms. The van der Waals surface area contributed by atoms with Crippen molar-refractivity contribution in [2.75, 3.05) is 10.6 Å². The first-order valence-corrected chi connectivity index (χ1v) is 5.64. The van der Waals surface area contributed by atoms with E-state index in [9.17, 15) is 0 Å². The number of nitrogens with zero attached hydrogens (tertiary/aromatic N) is 2. The summed E-state index contributed by atoms with van der Waals surface area (Å²) in [5.74, 6) is 1.72. The fraction of sp³-hybridized carbons (Fsp3) is 0.545. The second-order valence-corrected chi connectivity index (χ2v) is 4.22. The predicted molar refractivity (Wildman–Crippen MR) is 71.8 cm³/mol. The van der Waals surface area contributed by atoms with Gasteiger partial charge in [0.2, 0.25) is 0 Å². The molecule has 0 unspecified atom stereocenters. The average Bonchev–Trinajstić information content (AvgIpc) is 2.14. The van der Waals surface area contributed by atoms with Crippen LogP contribution in [0.25, 0.3) is 0 Å². The summed E-state index contributed by atoms with van der Waals surface area (Å²) < 4.78 is 0. The zero-order chi connectivity index (χ0) is 14.1. The quantitative estimate of drug-likeness (QED) is 0.651. The molecule has 0 aliphatic carbocycles. The third-order valence-corrected chi connectivity index (χ3v) is 1.54. The van der Waals surface area contributed by atoms with Crippen molar-refractivity contribution in [2.45, 2.75) is 39.8 Å². The summed E-state index contributed by atoms with van der Waals surface area (Å²) in [6.07, 6.45) is 0.232. The lowest BCUT2D eigenvalue weighted by Gasteiger charge is -2.12. The molecule has 0 aliphatic heterocycles. The van der Waals surface area contributed by atoms with Crippen LogP contribution in [0, 0.1) is 0 Å². The van der Waals surface area contributed by atoms with Crippen LogP contribution in [0.4, 0.5) is 16.4 Å². The molecule has 0 bridgehead atoms. The fourth-order valence-corrected chi connectivity index (χ4v) is 1.11. The number of hydrogen-bond donors (Lipinski definition) is 4. The lowest BCUT2D eigenvalue weighted by Crippen LogP contribution is -2.14. The van der Waals surface area contributed by atoms with Crippen LogP contribution in [0.5, 0.6) is 0 Å². The van der Waals surface area contributed by atoms with Crippen LogP contribution in [0.3, 0.4) is 0 Å². The lowest BCUT2D eigenvalue weighted by molar-refractivity contribution is 0.205. The molecule has 0 aliphatic rings. The molecule has 1 rings (SSSR count). The summed E-state index contributed by atoms with van der Waals surface area (Å²) in [5.41, 5.74) is 4.03. The maximum Gasteiger partial charge on any atom is 0.402 e. The normalized spacial score (nSPS) is 9.67. The van der Waals surface area contributed by atoms with E-state index in [1.165, 1.54) is 0 Å². The molecule has 102 valence electrons. The molecule has 1 heterocycles. The zero-order valence-corrected chi connectivity index (χ0v) is 11.1. The molecule has 7 nitrogen and oxygen atoms in total. The van der Waals surface area contributed by atoms with Gasteiger partial charge in [-0.25, -0.2) is 14.8 Å². The predicted octanol–water partition coefficient (Wildman–Crippen LogP) is 1.74. The number of amides is 1. The largest absolute Gasteiger partial charge is 0.465 e. The zero-order valence-electron chi connectivity index (χ0n) is 11.1. The van der Waals surface area contributed by atoms with E-state index in [1.807, 2.05) is 6.07 Å². The van der Waals surface area contributed by atoms with Crippen molar-refractivity contribution in [3.05, 3.63) is 12.4 Å². The Balaban J connectivity index is 0.000000631. The molecule has 0 atom stereocenters. The van der Waals surface area contributed by atoms with Gasteiger partial charge in [0.15, 0.2) is 0 Å². The second kappa shape index (κ2) is 8.10. The highest BCUT2D eigenvalue weighted by Gasteiger charge is 2.00. The third kappa shape index (κ3) is 9.20. The Morgan fingerprint density at radius 3 is 1.78 bits per heavy atom. The Labute approximate surface area is 107 Å². The summed E-state index contributed by atoms with van der Waals surface area (Å²) in [6, 6.07) is 2.69. The average molecular weight is 255 g/mol. The van der Waals surface area contributed by atoms with E-state index < -0.39 is 6.09 Å². The van der Waals surface area contributed by atoms with Gasteiger partial charge in [0.05, 0.1) is 0 Å². The van der Waals surface area contributed by atoms with Crippen LogP contribution in [-0.4, -0.2) is 33.3 Å². The Bertz CT molecular complexity index is 339. The van der Waals surface area contributed by atoms with Gasteiger partial charge in [-0.2, -0.15) is 0 Å². The van der Waals surface area contributed by atoms with E-state index in [2.05, 4.69) is 54.0 Å². The first-order chi connectivity index (χ1) is 8.31. The lowest BCUT2D eigenvalue weighted by atomic mass is 10.3. The van der Waals surface area contributed by atoms with E-state index in [1.54, 1.807) is 6.33 Å². The number of aromatic nitrogens is 2. The van der Waals surface area contributed by atoms with Crippen LogP contribution in [-0.2, 0) is 0 Å². The smallest absolute Gasteiger partial charge is 0.402 e. The number of carbonyl (C=O) groups is 1. The van der Waals surface area contributed by atoms with Gasteiger partial charge in [0.1, 0.15) is 18.0 Å². The van der Waals surface area contributed by atoms with E-state index >= 15 is 0 Å². The van der Waals surface area contributed by atoms with Crippen LogP contribution < -0.4 is 16.4 Å². The molecule has 0 fully saturated rings. The number of hydrogen-bond acceptors (Lipinski definition) is 5. The molecule has 0 spiro atoms. The van der Waals surface area contributed by atoms with Crippen LogP contribution in [0.1, 0.15) is 27.7 Å². The molecule has 0 saturated heterocycles. The van der Waals surface area contributed by atoms with Gasteiger partial charge < -0.3 is 21.5 Å². The monoisotopic (exact) mass is 255 g/mol. The number of carboxylic acid groups (broad SMARTS) is 1. The van der Waals surface area contributed by atoms with Gasteiger partial charge in [0, 0.05) is 18.2 Å². The van der Waals surface area contributed by atoms with Crippen LogP contribution >= 0.6 is 0 Å². The van der Waals surface area contributed by atoms with Crippen molar-refractivity contribution in [2.24, 2.45) is 5.73 Å². The van der Waals surface area contributed by atoms with Crippen molar-refractivity contribution < 1.29 is 9.90 Å². The molecule has 1 amide bonds. The van der Waals surface area contributed by atoms with E-state index in [4.69, 9.17) is 9.90 Å². The third-order valence-electron chi connectivity index (χ3n) is 1.54. The number of primary amides is 1. The van der Waals surface area contributed by atoms with Crippen LogP contribution in [0.15, 0.2) is 12.4 Å². The Morgan fingerprint density at radius 1 is 1.17 bits per heavy atom. The van der Waals surface area contributed by atoms with Gasteiger partial charge in [-0.15, -0.1) is 0 Å². The summed E-state index contributed by atoms with van der Waals surface area (Å²) in [6.45, 7) is 8.32. The summed E-state index contributed by atoms with van der Waals surface area (Å²) in [7, 11) is 0. The standard InChI is InChI=1S/C10H18N4.CH3NO2/c1-7(2)13-9-5-10(12-6-11-9)14-8(3)4;2-1(3)4/h5-8H,1-4H3,(H2,11,12,13,14);2H2,(H,3,4). The maximum atomic E-state index is 8.78. The molecule has 5 N–H and O–H groups in total. The number of anilines is 2. The Kier molecular flexibility index (Phi) is 7.18. The van der Waals surface area contributed by atoms with Crippen molar-refractivity contribution in [3.63, 3.8) is 0 Å². The second-order valence-electron chi connectivity index (χ2n) is 4.22. The fourth-order valence-electron chi connectivity index (χ4n) is 1.11. The SMILES string of the molecule is CC(C)Nc1cc(NC(C)C)ncn1.NC(=O)O. The minimum absolute atomic E-state index is 0.386. The van der Waals surface area contributed by atoms with Gasteiger partial charge in [-0.3, -0.25) is 0 Å². The van der Waals surface area contributed by atoms with Crippen molar-refractivity contribution in [1.82, 2.24) is 9.97 Å². The van der Waals surface area contributed by atoms with Gasteiger partial charge in [-0.05, 0) is 27.7 Å². The number of nitrogens with one attached hydrogen (secondary N) is 2. The van der Waals surface area contributed by atoms with Gasteiger partial charge in [0.25, 0.3) is 0 Å². The van der Waals surface area contributed by atoms with Crippen molar-refractivity contribution in [1.29, 1.82) is 0 Å². The first kappa shape index (κ1) is 16.0. The number of nitrogens with two attached hydrogens (primary N) is 1. The molecule has 0 radical (unpaired) electrons. The summed E-state index contributed by atoms with van der Waals surface area (Å²) in [4.78, 5) is 17.0. The highest BCUT2D eigenvalue weighted by atomic mass is 16.4. The highest BCUT2D eigenvalue weighted by Crippen LogP contribution is 2.10. The minimum Gasteiger partial charge on any atom is -0.465 e. The molecular formula is C11H21N5O2. The highest BCUT2D eigenvalue weighted by molar-refractivity contribution is 5.61. The summed E-state index contributed by atoms with van der Waals surface area (Å²) >= 11 is 0. The van der Waals surface area contributed by atoms with E-state index in [0.29, 0.717) is 12.1 Å². The molecule has 18 heavy (non-hydrogen) atoms. The van der Waals surface area contributed by atoms with E-state index in [-0.39, 0.29) is 0 Å². The Morgan fingerprint density at radius 2 is 1.50 bits per heavy atom. The molecule has 0 saturated carbocycles. The maximum absolute atomic E-state index is 8.78. The topological polar surface area (TPSA) is 113 Å². The summed E-state index contributed by atoms with van der Waals surface area (Å²) in [5, 5.41) is 13.6.